The highest BCUT2D eigenvalue weighted by atomic mass is 16.5. The number of aromatic hydroxyl groups is 1. The Morgan fingerprint density at radius 2 is 2.08 bits per heavy atom. The maximum absolute atomic E-state index is 10.7. The lowest BCUT2D eigenvalue weighted by Crippen LogP contribution is -2.45. The topological polar surface area (TPSA) is 49.7 Å². The zero-order chi connectivity index (χ0) is 17.5. The van der Waals surface area contributed by atoms with Gasteiger partial charge in [-0.05, 0) is 77.5 Å². The Morgan fingerprint density at radius 1 is 1.33 bits per heavy atom. The average Bonchev–Trinajstić information content (AvgIpc) is 2.45. The van der Waals surface area contributed by atoms with Gasteiger partial charge >= 0.3 is 0 Å². The molecule has 1 aromatic rings. The van der Waals surface area contributed by atoms with Gasteiger partial charge < -0.3 is 14.9 Å². The molecule has 1 aliphatic carbocycles. The molecular weight excluding hydrogens is 300 g/mol. The molecule has 3 heteroatoms. The Bertz CT molecular complexity index is 643. The van der Waals surface area contributed by atoms with Crippen LogP contribution in [-0.2, 0) is 6.42 Å². The van der Waals surface area contributed by atoms with Crippen molar-refractivity contribution in [2.45, 2.75) is 77.4 Å². The van der Waals surface area contributed by atoms with Crippen LogP contribution in [0.4, 0.5) is 0 Å². The smallest absolute Gasteiger partial charge is 0.127 e. The van der Waals surface area contributed by atoms with Gasteiger partial charge in [-0.15, -0.1) is 0 Å². The second-order valence-electron chi connectivity index (χ2n) is 8.16. The molecule has 0 fully saturated rings. The van der Waals surface area contributed by atoms with Crippen LogP contribution >= 0.6 is 0 Å². The van der Waals surface area contributed by atoms with Crippen molar-refractivity contribution in [3.05, 3.63) is 34.9 Å². The molecule has 0 radical (unpaired) electrons. The van der Waals surface area contributed by atoms with Gasteiger partial charge in [-0.25, -0.2) is 0 Å². The van der Waals surface area contributed by atoms with E-state index in [9.17, 15) is 10.2 Å². The van der Waals surface area contributed by atoms with E-state index in [1.807, 2.05) is 13.0 Å². The van der Waals surface area contributed by atoms with Crippen molar-refractivity contribution in [1.82, 2.24) is 0 Å². The number of fused-ring (bicyclic) bond motifs is 3. The Labute approximate surface area is 145 Å². The molecule has 0 spiro atoms. The van der Waals surface area contributed by atoms with Gasteiger partial charge in [0.1, 0.15) is 17.1 Å². The van der Waals surface area contributed by atoms with Gasteiger partial charge in [0.25, 0.3) is 0 Å². The molecule has 2 N–H and O–H groups in total. The highest BCUT2D eigenvalue weighted by Gasteiger charge is 2.45. The van der Waals surface area contributed by atoms with E-state index in [0.717, 1.165) is 49.0 Å². The van der Waals surface area contributed by atoms with Crippen LogP contribution in [0.25, 0.3) is 0 Å². The molecule has 0 saturated carbocycles. The molecular formula is C21H30O3. The molecule has 3 rings (SSSR count). The van der Waals surface area contributed by atoms with Gasteiger partial charge in [0.2, 0.25) is 0 Å². The highest BCUT2D eigenvalue weighted by molar-refractivity contribution is 5.53. The lowest BCUT2D eigenvalue weighted by atomic mass is 9.68. The largest absolute Gasteiger partial charge is 0.507 e. The van der Waals surface area contributed by atoms with E-state index in [2.05, 4.69) is 32.9 Å². The molecule has 1 aliphatic heterocycles. The number of hydrogen-bond donors (Lipinski definition) is 2. The van der Waals surface area contributed by atoms with Crippen molar-refractivity contribution in [2.24, 2.45) is 5.92 Å². The normalized spacial score (nSPS) is 26.0. The maximum atomic E-state index is 10.7. The summed E-state index contributed by atoms with van der Waals surface area (Å²) >= 11 is 0. The highest BCUT2D eigenvalue weighted by Crippen LogP contribution is 2.53. The number of phenols is 1. The summed E-state index contributed by atoms with van der Waals surface area (Å²) < 4.78 is 6.33. The first-order chi connectivity index (χ1) is 11.3. The summed E-state index contributed by atoms with van der Waals surface area (Å²) in [6.45, 7) is 8.33. The van der Waals surface area contributed by atoms with Crippen LogP contribution in [0.2, 0.25) is 0 Å². The first-order valence-electron chi connectivity index (χ1n) is 9.18. The first-order valence-corrected chi connectivity index (χ1v) is 9.18. The predicted octanol–water partition coefficient (Wildman–Crippen LogP) is 4.71. The number of allylic oxidation sites excluding steroid dienone is 2. The molecule has 2 aliphatic rings. The van der Waals surface area contributed by atoms with Crippen LogP contribution in [0, 0.1) is 5.92 Å². The van der Waals surface area contributed by atoms with E-state index in [4.69, 9.17) is 4.74 Å². The first kappa shape index (κ1) is 17.3. The number of aliphatic hydroxyl groups is 1. The summed E-state index contributed by atoms with van der Waals surface area (Å²) in [6.07, 6.45) is 6.79. The Balaban J connectivity index is 1.94. The van der Waals surface area contributed by atoms with Crippen molar-refractivity contribution in [3.63, 3.8) is 0 Å². The van der Waals surface area contributed by atoms with E-state index >= 15 is 0 Å². The molecule has 1 aromatic carbocycles. The summed E-state index contributed by atoms with van der Waals surface area (Å²) in [5.74, 6) is 1.83. The number of phenolic OH excluding ortho intramolecular Hbond substituents is 1. The molecule has 24 heavy (non-hydrogen) atoms. The second kappa shape index (κ2) is 6.44. The number of aryl methyl sites for hydroxylation is 1. The minimum Gasteiger partial charge on any atom is -0.507 e. The molecule has 0 saturated heterocycles. The predicted molar refractivity (Wildman–Crippen MR) is 96.7 cm³/mol. The third-order valence-electron chi connectivity index (χ3n) is 5.61. The van der Waals surface area contributed by atoms with E-state index in [-0.39, 0.29) is 17.6 Å². The van der Waals surface area contributed by atoms with E-state index < -0.39 is 0 Å². The van der Waals surface area contributed by atoms with Crippen LogP contribution in [-0.4, -0.2) is 21.9 Å². The Kier molecular flexibility index (Phi) is 4.65. The monoisotopic (exact) mass is 330 g/mol. The van der Waals surface area contributed by atoms with Crippen LogP contribution in [0.1, 0.15) is 70.4 Å². The van der Waals surface area contributed by atoms with Crippen molar-refractivity contribution in [2.75, 3.05) is 0 Å². The Morgan fingerprint density at radius 3 is 2.79 bits per heavy atom. The lowest BCUT2D eigenvalue weighted by molar-refractivity contribution is 0.0107. The van der Waals surface area contributed by atoms with Gasteiger partial charge in [-0.1, -0.05) is 11.6 Å². The third kappa shape index (κ3) is 3.32. The number of rotatable bonds is 4. The standard InChI is InChI=1S/C21H30O3/c1-13-8-9-17-16(10-13)20-18(23)11-15(7-5-6-14(2)22)12-19(20)24-21(17,3)4/h10-12,14,16-17,22-23H,5-9H2,1-4H3/t14-,16?,17+/m0/s1. The number of ether oxygens (including phenoxy) is 1. The summed E-state index contributed by atoms with van der Waals surface area (Å²) in [7, 11) is 0. The molecule has 3 nitrogen and oxygen atoms in total. The zero-order valence-electron chi connectivity index (χ0n) is 15.3. The SMILES string of the molecule is CC1=CC2c3c(O)cc(CCC[C@H](C)O)cc3OC(C)(C)[C@@H]2CC1. The third-order valence-corrected chi connectivity index (χ3v) is 5.61. The number of benzene rings is 1. The van der Waals surface area contributed by atoms with Gasteiger partial charge in [0.15, 0.2) is 0 Å². The summed E-state index contributed by atoms with van der Waals surface area (Å²) in [4.78, 5) is 0. The summed E-state index contributed by atoms with van der Waals surface area (Å²) in [5.41, 5.74) is 3.22. The fourth-order valence-corrected chi connectivity index (χ4v) is 4.33. The second-order valence-corrected chi connectivity index (χ2v) is 8.16. The van der Waals surface area contributed by atoms with Gasteiger partial charge in [0.05, 0.1) is 6.10 Å². The van der Waals surface area contributed by atoms with Crippen LogP contribution < -0.4 is 4.74 Å². The van der Waals surface area contributed by atoms with E-state index in [1.54, 1.807) is 0 Å². The van der Waals surface area contributed by atoms with Gasteiger partial charge in [0, 0.05) is 17.4 Å². The molecule has 132 valence electrons. The summed E-state index contributed by atoms with van der Waals surface area (Å²) in [6, 6.07) is 3.98. The van der Waals surface area contributed by atoms with E-state index in [1.165, 1.54) is 5.57 Å². The molecule has 3 atom stereocenters. The van der Waals surface area contributed by atoms with Crippen LogP contribution in [0.15, 0.2) is 23.8 Å². The molecule has 1 unspecified atom stereocenters. The van der Waals surface area contributed by atoms with Gasteiger partial charge in [-0.3, -0.25) is 0 Å². The molecule has 0 aromatic heterocycles. The summed E-state index contributed by atoms with van der Waals surface area (Å²) in [5, 5.41) is 20.1. The zero-order valence-corrected chi connectivity index (χ0v) is 15.3. The molecule has 1 heterocycles. The van der Waals surface area contributed by atoms with Crippen molar-refractivity contribution >= 4 is 0 Å². The minimum absolute atomic E-state index is 0.223. The van der Waals surface area contributed by atoms with Crippen LogP contribution in [0.5, 0.6) is 11.5 Å². The molecule has 0 bridgehead atoms. The maximum Gasteiger partial charge on any atom is 0.127 e. The lowest BCUT2D eigenvalue weighted by Gasteiger charge is -2.46. The fraction of sp³-hybridized carbons (Fsp3) is 0.619. The van der Waals surface area contributed by atoms with Crippen molar-refractivity contribution < 1.29 is 14.9 Å². The Hall–Kier alpha value is -1.48. The fourth-order valence-electron chi connectivity index (χ4n) is 4.33. The number of hydrogen-bond acceptors (Lipinski definition) is 3. The average molecular weight is 330 g/mol. The quantitative estimate of drug-likeness (QED) is 0.786. The minimum atomic E-state index is -0.275. The van der Waals surface area contributed by atoms with Gasteiger partial charge in [-0.2, -0.15) is 0 Å². The van der Waals surface area contributed by atoms with Crippen molar-refractivity contribution in [1.29, 1.82) is 0 Å². The van der Waals surface area contributed by atoms with E-state index in [0.29, 0.717) is 11.7 Å². The van der Waals surface area contributed by atoms with Crippen molar-refractivity contribution in [3.8, 4) is 11.5 Å². The number of aliphatic hydroxyl groups excluding tert-OH is 1. The molecule has 0 amide bonds. The van der Waals surface area contributed by atoms with Crippen LogP contribution in [0.3, 0.4) is 0 Å².